The molecule has 0 aromatic heterocycles. The number of aliphatic carboxylic acids is 1. The SMILES string of the molecule is C=CC(O)OCCCCOC(=O)C1CCC(C(=O)O)CC1. The maximum Gasteiger partial charge on any atom is 0.308 e. The highest BCUT2D eigenvalue weighted by Crippen LogP contribution is 2.29. The average molecular weight is 300 g/mol. The molecule has 0 aromatic carbocycles. The van der Waals surface area contributed by atoms with Gasteiger partial charge in [-0.05, 0) is 44.6 Å². The van der Waals surface area contributed by atoms with Crippen LogP contribution in [-0.2, 0) is 19.1 Å². The number of carbonyl (C=O) groups excluding carboxylic acids is 1. The van der Waals surface area contributed by atoms with Gasteiger partial charge in [0.05, 0.1) is 25.0 Å². The van der Waals surface area contributed by atoms with Crippen LogP contribution in [0, 0.1) is 11.8 Å². The van der Waals surface area contributed by atoms with Crippen molar-refractivity contribution < 1.29 is 29.3 Å². The Hall–Kier alpha value is -1.40. The number of ether oxygens (including phenoxy) is 2. The van der Waals surface area contributed by atoms with Gasteiger partial charge in [-0.3, -0.25) is 9.59 Å². The summed E-state index contributed by atoms with van der Waals surface area (Å²) >= 11 is 0. The van der Waals surface area contributed by atoms with E-state index < -0.39 is 12.3 Å². The maximum atomic E-state index is 11.8. The molecule has 1 fully saturated rings. The van der Waals surface area contributed by atoms with E-state index in [4.69, 9.17) is 19.7 Å². The molecule has 0 spiro atoms. The molecule has 1 atom stereocenters. The van der Waals surface area contributed by atoms with E-state index >= 15 is 0 Å². The van der Waals surface area contributed by atoms with Crippen LogP contribution in [0.2, 0.25) is 0 Å². The van der Waals surface area contributed by atoms with Crippen molar-refractivity contribution in [2.45, 2.75) is 44.8 Å². The van der Waals surface area contributed by atoms with E-state index in [1.54, 1.807) is 0 Å². The Morgan fingerprint density at radius 2 is 1.71 bits per heavy atom. The van der Waals surface area contributed by atoms with Crippen molar-refractivity contribution in [2.75, 3.05) is 13.2 Å². The minimum atomic E-state index is -0.947. The summed E-state index contributed by atoms with van der Waals surface area (Å²) in [6, 6.07) is 0. The van der Waals surface area contributed by atoms with Crippen LogP contribution >= 0.6 is 0 Å². The number of unbranched alkanes of at least 4 members (excludes halogenated alkanes) is 1. The zero-order valence-electron chi connectivity index (χ0n) is 12.2. The molecule has 1 rings (SSSR count). The second kappa shape index (κ2) is 9.52. The van der Waals surface area contributed by atoms with E-state index in [1.165, 1.54) is 6.08 Å². The first-order chi connectivity index (χ1) is 10.0. The van der Waals surface area contributed by atoms with Gasteiger partial charge in [-0.25, -0.2) is 0 Å². The molecular formula is C15H24O6. The Morgan fingerprint density at radius 3 is 2.29 bits per heavy atom. The smallest absolute Gasteiger partial charge is 0.308 e. The van der Waals surface area contributed by atoms with E-state index in [0.717, 1.165) is 0 Å². The molecule has 0 aromatic rings. The second-order valence-electron chi connectivity index (χ2n) is 5.26. The van der Waals surface area contributed by atoms with E-state index in [9.17, 15) is 9.59 Å². The minimum Gasteiger partial charge on any atom is -0.481 e. The molecule has 120 valence electrons. The van der Waals surface area contributed by atoms with Gasteiger partial charge in [-0.1, -0.05) is 6.58 Å². The molecular weight excluding hydrogens is 276 g/mol. The summed E-state index contributed by atoms with van der Waals surface area (Å²) in [5.41, 5.74) is 0. The molecule has 2 N–H and O–H groups in total. The van der Waals surface area contributed by atoms with Crippen molar-refractivity contribution in [3.63, 3.8) is 0 Å². The van der Waals surface area contributed by atoms with Crippen LogP contribution in [-0.4, -0.2) is 41.7 Å². The highest BCUT2D eigenvalue weighted by atomic mass is 16.6. The molecule has 6 nitrogen and oxygen atoms in total. The molecule has 0 aliphatic heterocycles. The van der Waals surface area contributed by atoms with Gasteiger partial charge < -0.3 is 19.7 Å². The number of hydrogen-bond donors (Lipinski definition) is 2. The van der Waals surface area contributed by atoms with Gasteiger partial charge in [-0.15, -0.1) is 0 Å². The number of aliphatic hydroxyl groups excluding tert-OH is 1. The first-order valence-corrected chi connectivity index (χ1v) is 7.36. The van der Waals surface area contributed by atoms with Crippen LogP contribution in [0.25, 0.3) is 0 Å². The Bertz CT molecular complexity index is 346. The predicted octanol–water partition coefficient (Wildman–Crippen LogP) is 1.72. The summed E-state index contributed by atoms with van der Waals surface area (Å²) in [5, 5.41) is 18.0. The van der Waals surface area contributed by atoms with Gasteiger partial charge in [0.1, 0.15) is 0 Å². The highest BCUT2D eigenvalue weighted by molar-refractivity contribution is 5.74. The number of hydrogen-bond acceptors (Lipinski definition) is 5. The number of carboxylic acid groups (broad SMARTS) is 1. The van der Waals surface area contributed by atoms with Crippen LogP contribution in [0.4, 0.5) is 0 Å². The summed E-state index contributed by atoms with van der Waals surface area (Å²) in [6.07, 6.45) is 3.97. The topological polar surface area (TPSA) is 93.1 Å². The number of rotatable bonds is 9. The molecule has 1 aliphatic carbocycles. The fraction of sp³-hybridized carbons (Fsp3) is 0.733. The third kappa shape index (κ3) is 6.73. The lowest BCUT2D eigenvalue weighted by molar-refractivity contribution is -0.153. The number of esters is 1. The molecule has 1 unspecified atom stereocenters. The molecule has 0 amide bonds. The standard InChI is InChI=1S/C15H24O6/c1-2-13(16)20-9-3-4-10-21-15(19)12-7-5-11(6-8-12)14(17)18/h2,11-13,16H,1,3-10H2,(H,17,18). The quantitative estimate of drug-likeness (QED) is 0.291. The molecule has 6 heteroatoms. The molecule has 0 bridgehead atoms. The highest BCUT2D eigenvalue weighted by Gasteiger charge is 2.30. The summed E-state index contributed by atoms with van der Waals surface area (Å²) < 4.78 is 10.2. The summed E-state index contributed by atoms with van der Waals surface area (Å²) in [5.74, 6) is -1.49. The van der Waals surface area contributed by atoms with Gasteiger partial charge in [0.2, 0.25) is 0 Å². The van der Waals surface area contributed by atoms with Gasteiger partial charge in [0.15, 0.2) is 6.29 Å². The number of aliphatic hydroxyl groups is 1. The van der Waals surface area contributed by atoms with E-state index in [2.05, 4.69) is 6.58 Å². The molecule has 21 heavy (non-hydrogen) atoms. The normalized spacial score (nSPS) is 23.3. The van der Waals surface area contributed by atoms with E-state index in [0.29, 0.717) is 51.7 Å². The number of carbonyl (C=O) groups is 2. The van der Waals surface area contributed by atoms with Crippen molar-refractivity contribution in [3.05, 3.63) is 12.7 Å². The van der Waals surface area contributed by atoms with Crippen LogP contribution in [0.1, 0.15) is 38.5 Å². The van der Waals surface area contributed by atoms with Crippen LogP contribution in [0.5, 0.6) is 0 Å². The van der Waals surface area contributed by atoms with Crippen molar-refractivity contribution in [1.82, 2.24) is 0 Å². The lowest BCUT2D eigenvalue weighted by Gasteiger charge is -2.24. The molecule has 0 heterocycles. The second-order valence-corrected chi connectivity index (χ2v) is 5.26. The minimum absolute atomic E-state index is 0.167. The third-order valence-electron chi connectivity index (χ3n) is 3.68. The molecule has 0 radical (unpaired) electrons. The lowest BCUT2D eigenvalue weighted by Crippen LogP contribution is -2.27. The fourth-order valence-corrected chi connectivity index (χ4v) is 2.34. The number of carboxylic acids is 1. The Labute approximate surface area is 124 Å². The largest absolute Gasteiger partial charge is 0.481 e. The molecule has 0 saturated heterocycles. The lowest BCUT2D eigenvalue weighted by atomic mass is 9.82. The van der Waals surface area contributed by atoms with Gasteiger partial charge in [-0.2, -0.15) is 0 Å². The Kier molecular flexibility index (Phi) is 8.00. The zero-order chi connectivity index (χ0) is 15.7. The summed E-state index contributed by atoms with van der Waals surface area (Å²) in [4.78, 5) is 22.6. The van der Waals surface area contributed by atoms with E-state index in [-0.39, 0.29) is 17.8 Å². The third-order valence-corrected chi connectivity index (χ3v) is 3.68. The molecule has 1 aliphatic rings. The fourth-order valence-electron chi connectivity index (χ4n) is 2.34. The Morgan fingerprint density at radius 1 is 1.14 bits per heavy atom. The van der Waals surface area contributed by atoms with Crippen molar-refractivity contribution in [3.8, 4) is 0 Å². The van der Waals surface area contributed by atoms with Gasteiger partial charge >= 0.3 is 11.9 Å². The first kappa shape index (κ1) is 17.7. The monoisotopic (exact) mass is 300 g/mol. The van der Waals surface area contributed by atoms with E-state index in [1.807, 2.05) is 0 Å². The maximum absolute atomic E-state index is 11.8. The average Bonchev–Trinajstić information content (AvgIpc) is 2.50. The van der Waals surface area contributed by atoms with Crippen LogP contribution < -0.4 is 0 Å². The molecule has 1 saturated carbocycles. The van der Waals surface area contributed by atoms with Crippen LogP contribution in [0.3, 0.4) is 0 Å². The Balaban J connectivity index is 2.07. The van der Waals surface area contributed by atoms with Crippen molar-refractivity contribution in [1.29, 1.82) is 0 Å². The van der Waals surface area contributed by atoms with Gasteiger partial charge in [0, 0.05) is 0 Å². The summed E-state index contributed by atoms with van der Waals surface area (Å²) in [7, 11) is 0. The first-order valence-electron chi connectivity index (χ1n) is 7.36. The van der Waals surface area contributed by atoms with Gasteiger partial charge in [0.25, 0.3) is 0 Å². The predicted molar refractivity (Wildman–Crippen MR) is 75.4 cm³/mol. The van der Waals surface area contributed by atoms with Crippen molar-refractivity contribution >= 4 is 11.9 Å². The zero-order valence-corrected chi connectivity index (χ0v) is 12.2. The van der Waals surface area contributed by atoms with Crippen molar-refractivity contribution in [2.24, 2.45) is 11.8 Å². The summed E-state index contributed by atoms with van der Waals surface area (Å²) in [6.45, 7) is 4.09. The van der Waals surface area contributed by atoms with Crippen LogP contribution in [0.15, 0.2) is 12.7 Å².